The lowest BCUT2D eigenvalue weighted by molar-refractivity contribution is -0.137. The monoisotopic (exact) mass is 256 g/mol. The van der Waals surface area contributed by atoms with E-state index in [1.165, 1.54) is 0 Å². The van der Waals surface area contributed by atoms with Crippen molar-refractivity contribution in [3.8, 4) is 0 Å². The minimum absolute atomic E-state index is 0.196. The lowest BCUT2D eigenvalue weighted by Gasteiger charge is -2.38. The van der Waals surface area contributed by atoms with Crippen LogP contribution >= 0.6 is 0 Å². The van der Waals surface area contributed by atoms with Crippen LogP contribution < -0.4 is 0 Å². The number of aliphatic hydroxyl groups is 1. The molecule has 1 rings (SSSR count). The molecule has 1 amide bonds. The van der Waals surface area contributed by atoms with Gasteiger partial charge in [0.25, 0.3) is 0 Å². The van der Waals surface area contributed by atoms with E-state index in [0.29, 0.717) is 6.54 Å². The van der Waals surface area contributed by atoms with Crippen LogP contribution in [-0.2, 0) is 4.79 Å². The van der Waals surface area contributed by atoms with E-state index in [-0.39, 0.29) is 18.0 Å². The van der Waals surface area contributed by atoms with Gasteiger partial charge >= 0.3 is 0 Å². The number of piperidine rings is 1. The predicted octanol–water partition coefficient (Wildman–Crippen LogP) is 1.48. The average molecular weight is 256 g/mol. The summed E-state index contributed by atoms with van der Waals surface area (Å²) >= 11 is 0. The van der Waals surface area contributed by atoms with Gasteiger partial charge in [0.1, 0.15) is 0 Å². The number of amides is 1. The van der Waals surface area contributed by atoms with Gasteiger partial charge in [-0.05, 0) is 47.5 Å². The third-order valence-electron chi connectivity index (χ3n) is 3.69. The van der Waals surface area contributed by atoms with Crippen LogP contribution in [-0.4, -0.2) is 58.1 Å². The van der Waals surface area contributed by atoms with Crippen molar-refractivity contribution in [3.05, 3.63) is 0 Å². The van der Waals surface area contributed by atoms with Gasteiger partial charge in [-0.25, -0.2) is 0 Å². The Morgan fingerprint density at radius 1 is 1.22 bits per heavy atom. The summed E-state index contributed by atoms with van der Waals surface area (Å²) in [6.45, 7) is 12.2. The van der Waals surface area contributed by atoms with Crippen LogP contribution in [0, 0.1) is 0 Å². The highest BCUT2D eigenvalue weighted by Gasteiger charge is 2.29. The zero-order valence-corrected chi connectivity index (χ0v) is 12.4. The molecule has 18 heavy (non-hydrogen) atoms. The molecular weight excluding hydrogens is 228 g/mol. The van der Waals surface area contributed by atoms with Crippen LogP contribution in [0.25, 0.3) is 0 Å². The van der Waals surface area contributed by atoms with E-state index in [1.807, 2.05) is 11.8 Å². The third kappa shape index (κ3) is 4.25. The number of nitrogens with zero attached hydrogens (tertiary/aromatic N) is 2. The molecule has 4 nitrogen and oxygen atoms in total. The SMILES string of the molecule is CC(C)N(C(=O)CN1CCC(C)(O)CC1)C(C)C. The van der Waals surface area contributed by atoms with E-state index in [4.69, 9.17) is 0 Å². The normalized spacial score (nSPS) is 20.4. The fourth-order valence-corrected chi connectivity index (χ4v) is 2.64. The lowest BCUT2D eigenvalue weighted by atomic mass is 9.94. The first kappa shape index (κ1) is 15.4. The minimum Gasteiger partial charge on any atom is -0.390 e. The van der Waals surface area contributed by atoms with Crippen molar-refractivity contribution in [2.24, 2.45) is 0 Å². The number of hydrogen-bond acceptors (Lipinski definition) is 3. The predicted molar refractivity (Wildman–Crippen MR) is 73.4 cm³/mol. The smallest absolute Gasteiger partial charge is 0.237 e. The molecule has 0 aromatic rings. The highest BCUT2D eigenvalue weighted by molar-refractivity contribution is 5.78. The van der Waals surface area contributed by atoms with E-state index in [0.717, 1.165) is 25.9 Å². The van der Waals surface area contributed by atoms with Gasteiger partial charge in [-0.1, -0.05) is 0 Å². The summed E-state index contributed by atoms with van der Waals surface area (Å²) in [7, 11) is 0. The first-order chi connectivity index (χ1) is 8.23. The van der Waals surface area contributed by atoms with Crippen LogP contribution in [0.3, 0.4) is 0 Å². The molecule has 0 radical (unpaired) electrons. The molecule has 4 heteroatoms. The van der Waals surface area contributed by atoms with Crippen LogP contribution in [0.5, 0.6) is 0 Å². The van der Waals surface area contributed by atoms with E-state index in [9.17, 15) is 9.90 Å². The van der Waals surface area contributed by atoms with E-state index in [1.54, 1.807) is 0 Å². The molecule has 1 saturated heterocycles. The van der Waals surface area contributed by atoms with Gasteiger partial charge in [-0.15, -0.1) is 0 Å². The van der Waals surface area contributed by atoms with Crippen LogP contribution in [0.2, 0.25) is 0 Å². The summed E-state index contributed by atoms with van der Waals surface area (Å²) in [5.41, 5.74) is -0.546. The molecule has 1 N–H and O–H groups in total. The zero-order valence-electron chi connectivity index (χ0n) is 12.4. The third-order valence-corrected chi connectivity index (χ3v) is 3.69. The Balaban J connectivity index is 2.50. The van der Waals surface area contributed by atoms with Crippen molar-refractivity contribution in [2.45, 2.75) is 65.1 Å². The number of rotatable bonds is 4. The first-order valence-electron chi connectivity index (χ1n) is 6.99. The maximum Gasteiger partial charge on any atom is 0.237 e. The maximum atomic E-state index is 12.3. The quantitative estimate of drug-likeness (QED) is 0.828. The number of likely N-dealkylation sites (tertiary alicyclic amines) is 1. The molecule has 0 aliphatic carbocycles. The summed E-state index contributed by atoms with van der Waals surface area (Å²) < 4.78 is 0. The average Bonchev–Trinajstić information content (AvgIpc) is 2.20. The Labute approximate surface area is 111 Å². The number of carbonyl (C=O) groups is 1. The molecule has 0 atom stereocenters. The largest absolute Gasteiger partial charge is 0.390 e. The second-order valence-corrected chi connectivity index (χ2v) is 6.26. The Morgan fingerprint density at radius 2 is 1.67 bits per heavy atom. The molecule has 0 aromatic carbocycles. The summed E-state index contributed by atoms with van der Waals surface area (Å²) in [5, 5.41) is 9.89. The Hall–Kier alpha value is -0.610. The van der Waals surface area contributed by atoms with Gasteiger partial charge in [-0.3, -0.25) is 9.69 Å². The van der Waals surface area contributed by atoms with Crippen molar-refractivity contribution in [3.63, 3.8) is 0 Å². The van der Waals surface area contributed by atoms with E-state index < -0.39 is 5.60 Å². The van der Waals surface area contributed by atoms with E-state index in [2.05, 4.69) is 32.6 Å². The fraction of sp³-hybridized carbons (Fsp3) is 0.929. The van der Waals surface area contributed by atoms with Gasteiger partial charge in [0.2, 0.25) is 5.91 Å². The van der Waals surface area contributed by atoms with Gasteiger partial charge in [-0.2, -0.15) is 0 Å². The molecule has 106 valence electrons. The summed E-state index contributed by atoms with van der Waals surface area (Å²) in [5.74, 6) is 0.196. The molecule has 1 fully saturated rings. The number of carbonyl (C=O) groups excluding carboxylic acids is 1. The molecule has 1 heterocycles. The summed E-state index contributed by atoms with van der Waals surface area (Å²) in [6, 6.07) is 0.482. The summed E-state index contributed by atoms with van der Waals surface area (Å²) in [4.78, 5) is 16.4. The maximum absolute atomic E-state index is 12.3. The topological polar surface area (TPSA) is 43.8 Å². The second-order valence-electron chi connectivity index (χ2n) is 6.26. The highest BCUT2D eigenvalue weighted by Crippen LogP contribution is 2.21. The second kappa shape index (κ2) is 6.02. The Morgan fingerprint density at radius 3 is 2.06 bits per heavy atom. The summed E-state index contributed by atoms with van der Waals surface area (Å²) in [6.07, 6.45) is 1.51. The highest BCUT2D eigenvalue weighted by atomic mass is 16.3. The number of hydrogen-bond donors (Lipinski definition) is 1. The van der Waals surface area contributed by atoms with Gasteiger partial charge in [0.15, 0.2) is 0 Å². The molecule has 0 saturated carbocycles. The molecule has 1 aliphatic rings. The van der Waals surface area contributed by atoms with Gasteiger partial charge < -0.3 is 10.0 Å². The standard InChI is InChI=1S/C14H28N2O2/c1-11(2)16(12(3)4)13(17)10-15-8-6-14(5,18)7-9-15/h11-12,18H,6-10H2,1-5H3. The molecule has 0 spiro atoms. The van der Waals surface area contributed by atoms with Crippen molar-refractivity contribution in [1.29, 1.82) is 0 Å². The van der Waals surface area contributed by atoms with Crippen molar-refractivity contribution >= 4 is 5.91 Å². The molecule has 0 bridgehead atoms. The van der Waals surface area contributed by atoms with Crippen LogP contribution in [0.1, 0.15) is 47.5 Å². The minimum atomic E-state index is -0.546. The van der Waals surface area contributed by atoms with Crippen LogP contribution in [0.15, 0.2) is 0 Å². The van der Waals surface area contributed by atoms with Crippen molar-refractivity contribution < 1.29 is 9.90 Å². The molecular formula is C14H28N2O2. The van der Waals surface area contributed by atoms with Gasteiger partial charge in [0.05, 0.1) is 12.1 Å². The van der Waals surface area contributed by atoms with Crippen molar-refractivity contribution in [2.75, 3.05) is 19.6 Å². The lowest BCUT2D eigenvalue weighted by Crippen LogP contribution is -2.50. The molecule has 0 unspecified atom stereocenters. The van der Waals surface area contributed by atoms with Gasteiger partial charge in [0, 0.05) is 25.2 Å². The molecule has 0 aromatic heterocycles. The van der Waals surface area contributed by atoms with Crippen molar-refractivity contribution in [1.82, 2.24) is 9.80 Å². The Bertz CT molecular complexity index is 270. The Kier molecular flexibility index (Phi) is 5.17. The fourth-order valence-electron chi connectivity index (χ4n) is 2.64. The zero-order chi connectivity index (χ0) is 13.9. The molecule has 1 aliphatic heterocycles. The first-order valence-corrected chi connectivity index (χ1v) is 6.99. The van der Waals surface area contributed by atoms with Crippen LogP contribution in [0.4, 0.5) is 0 Å². The van der Waals surface area contributed by atoms with E-state index >= 15 is 0 Å².